The van der Waals surface area contributed by atoms with Crippen molar-refractivity contribution in [3.05, 3.63) is 65.0 Å². The Morgan fingerprint density at radius 1 is 1.13 bits per heavy atom. The van der Waals surface area contributed by atoms with Crippen LogP contribution in [0.5, 0.6) is 5.75 Å². The van der Waals surface area contributed by atoms with Gasteiger partial charge in [-0.2, -0.15) is 0 Å². The van der Waals surface area contributed by atoms with E-state index in [4.69, 9.17) is 0 Å². The van der Waals surface area contributed by atoms with Crippen molar-refractivity contribution >= 4 is 28.3 Å². The molecule has 154 valence electrons. The van der Waals surface area contributed by atoms with Gasteiger partial charge in [0.15, 0.2) is 5.82 Å². The van der Waals surface area contributed by atoms with Gasteiger partial charge in [-0.3, -0.25) is 4.79 Å². The van der Waals surface area contributed by atoms with E-state index in [-0.39, 0.29) is 24.7 Å². The van der Waals surface area contributed by atoms with Gasteiger partial charge in [0.1, 0.15) is 18.0 Å². The standard InChI is InChI=1S/C20H15F3N4O2S/c21-20(22,23)29-14-7-5-13(6-8-14)9-24-18(28)10-27-17-4-2-1-3-15(17)26-19(27)16-11-30-12-25-16/h1-8,11-12H,9-10H2,(H,24,28). The number of amides is 1. The number of thiazole rings is 1. The number of ether oxygens (including phenoxy) is 1. The molecule has 0 aliphatic rings. The lowest BCUT2D eigenvalue weighted by Crippen LogP contribution is -2.27. The van der Waals surface area contributed by atoms with E-state index in [2.05, 4.69) is 20.0 Å². The number of imidazole rings is 1. The molecule has 0 saturated carbocycles. The smallest absolute Gasteiger partial charge is 0.406 e. The van der Waals surface area contributed by atoms with E-state index in [1.54, 1.807) is 10.1 Å². The Morgan fingerprint density at radius 3 is 2.60 bits per heavy atom. The topological polar surface area (TPSA) is 69.0 Å². The maximum Gasteiger partial charge on any atom is 0.573 e. The number of para-hydroxylation sites is 2. The number of halogens is 3. The Labute approximate surface area is 173 Å². The Morgan fingerprint density at radius 2 is 1.90 bits per heavy atom. The molecule has 0 atom stereocenters. The maximum absolute atomic E-state index is 12.6. The zero-order valence-electron chi connectivity index (χ0n) is 15.4. The minimum atomic E-state index is -4.74. The fourth-order valence-electron chi connectivity index (χ4n) is 2.96. The molecule has 2 heterocycles. The highest BCUT2D eigenvalue weighted by Crippen LogP contribution is 2.25. The highest BCUT2D eigenvalue weighted by atomic mass is 32.1. The van der Waals surface area contributed by atoms with Crippen molar-refractivity contribution in [2.45, 2.75) is 19.5 Å². The summed E-state index contributed by atoms with van der Waals surface area (Å²) in [6.45, 7) is 0.201. The monoisotopic (exact) mass is 432 g/mol. The van der Waals surface area contributed by atoms with Crippen LogP contribution in [-0.4, -0.2) is 26.8 Å². The highest BCUT2D eigenvalue weighted by Gasteiger charge is 2.30. The summed E-state index contributed by atoms with van der Waals surface area (Å²) >= 11 is 1.44. The van der Waals surface area contributed by atoms with Gasteiger partial charge in [0, 0.05) is 11.9 Å². The average Bonchev–Trinajstić information content (AvgIpc) is 3.35. The molecule has 0 bridgehead atoms. The first-order chi connectivity index (χ1) is 14.4. The molecule has 2 aromatic heterocycles. The number of hydrogen-bond acceptors (Lipinski definition) is 5. The number of aromatic nitrogens is 3. The van der Waals surface area contributed by atoms with Crippen LogP contribution in [0, 0.1) is 0 Å². The van der Waals surface area contributed by atoms with Gasteiger partial charge >= 0.3 is 6.36 Å². The molecule has 0 unspecified atom stereocenters. The number of rotatable bonds is 6. The van der Waals surface area contributed by atoms with Crippen molar-refractivity contribution in [2.24, 2.45) is 0 Å². The first-order valence-electron chi connectivity index (χ1n) is 8.84. The lowest BCUT2D eigenvalue weighted by molar-refractivity contribution is -0.274. The number of nitrogens with one attached hydrogen (secondary N) is 1. The number of carbonyl (C=O) groups is 1. The van der Waals surface area contributed by atoms with E-state index in [9.17, 15) is 18.0 Å². The van der Waals surface area contributed by atoms with Gasteiger partial charge < -0.3 is 14.6 Å². The molecule has 4 rings (SSSR count). The number of nitrogens with zero attached hydrogens (tertiary/aromatic N) is 3. The second-order valence-electron chi connectivity index (χ2n) is 6.35. The Balaban J connectivity index is 1.46. The Hall–Kier alpha value is -3.40. The van der Waals surface area contributed by atoms with Crippen molar-refractivity contribution < 1.29 is 22.7 Å². The molecular weight excluding hydrogens is 417 g/mol. The van der Waals surface area contributed by atoms with Crippen molar-refractivity contribution in [1.29, 1.82) is 0 Å². The van der Waals surface area contributed by atoms with Crippen LogP contribution < -0.4 is 10.1 Å². The third-order valence-electron chi connectivity index (χ3n) is 4.26. The van der Waals surface area contributed by atoms with E-state index >= 15 is 0 Å². The third-order valence-corrected chi connectivity index (χ3v) is 4.85. The minimum Gasteiger partial charge on any atom is -0.406 e. The molecular formula is C20H15F3N4O2S. The average molecular weight is 432 g/mol. The first kappa shape index (κ1) is 19.9. The van der Waals surface area contributed by atoms with E-state index in [0.29, 0.717) is 17.1 Å². The van der Waals surface area contributed by atoms with Gasteiger partial charge in [-0.15, -0.1) is 24.5 Å². The van der Waals surface area contributed by atoms with E-state index in [0.717, 1.165) is 11.0 Å². The lowest BCUT2D eigenvalue weighted by atomic mass is 10.2. The van der Waals surface area contributed by atoms with Crippen LogP contribution in [0.4, 0.5) is 13.2 Å². The van der Waals surface area contributed by atoms with Gasteiger partial charge in [0.05, 0.1) is 16.5 Å². The number of alkyl halides is 3. The molecule has 1 N–H and O–H groups in total. The second kappa shape index (κ2) is 8.15. The minimum absolute atomic E-state index is 0.0304. The van der Waals surface area contributed by atoms with E-state index < -0.39 is 6.36 Å². The summed E-state index contributed by atoms with van der Waals surface area (Å²) < 4.78 is 42.3. The summed E-state index contributed by atoms with van der Waals surface area (Å²) in [6, 6.07) is 12.8. The summed E-state index contributed by atoms with van der Waals surface area (Å²) in [5.41, 5.74) is 4.60. The van der Waals surface area contributed by atoms with Crippen LogP contribution in [-0.2, 0) is 17.9 Å². The molecule has 0 radical (unpaired) electrons. The zero-order chi connectivity index (χ0) is 21.1. The largest absolute Gasteiger partial charge is 0.573 e. The predicted octanol–water partition coefficient (Wildman–Crippen LogP) is 4.37. The number of hydrogen-bond donors (Lipinski definition) is 1. The number of carbonyl (C=O) groups excluding carboxylic acids is 1. The van der Waals surface area contributed by atoms with Gasteiger partial charge in [-0.05, 0) is 29.8 Å². The van der Waals surface area contributed by atoms with Crippen LogP contribution in [0.3, 0.4) is 0 Å². The van der Waals surface area contributed by atoms with Crippen LogP contribution in [0.15, 0.2) is 59.4 Å². The van der Waals surface area contributed by atoms with Crippen molar-refractivity contribution in [1.82, 2.24) is 19.9 Å². The molecule has 0 aliphatic carbocycles. The predicted molar refractivity (Wildman–Crippen MR) is 106 cm³/mol. The summed E-state index contributed by atoms with van der Waals surface area (Å²) in [5, 5.41) is 4.64. The van der Waals surface area contributed by atoms with E-state index in [1.807, 2.05) is 29.6 Å². The molecule has 0 fully saturated rings. The molecule has 6 nitrogen and oxygen atoms in total. The molecule has 4 aromatic rings. The Bertz CT molecular complexity index is 1160. The first-order valence-corrected chi connectivity index (χ1v) is 9.78. The van der Waals surface area contributed by atoms with Gasteiger partial charge in [0.25, 0.3) is 0 Å². The molecule has 1 amide bonds. The van der Waals surface area contributed by atoms with Crippen molar-refractivity contribution in [3.8, 4) is 17.3 Å². The molecule has 10 heteroatoms. The summed E-state index contributed by atoms with van der Waals surface area (Å²) in [7, 11) is 0. The fourth-order valence-corrected chi connectivity index (χ4v) is 3.49. The number of benzene rings is 2. The highest BCUT2D eigenvalue weighted by molar-refractivity contribution is 7.07. The summed E-state index contributed by atoms with van der Waals surface area (Å²) in [6.07, 6.45) is -4.74. The third kappa shape index (κ3) is 4.60. The van der Waals surface area contributed by atoms with Crippen LogP contribution in [0.25, 0.3) is 22.6 Å². The second-order valence-corrected chi connectivity index (χ2v) is 7.07. The normalized spacial score (nSPS) is 11.6. The van der Waals surface area contributed by atoms with Crippen molar-refractivity contribution in [2.75, 3.05) is 0 Å². The van der Waals surface area contributed by atoms with Gasteiger partial charge in [-0.1, -0.05) is 24.3 Å². The molecule has 0 saturated heterocycles. The maximum atomic E-state index is 12.6. The fraction of sp³-hybridized carbons (Fsp3) is 0.150. The molecule has 2 aromatic carbocycles. The lowest BCUT2D eigenvalue weighted by Gasteiger charge is -2.11. The zero-order valence-corrected chi connectivity index (χ0v) is 16.2. The van der Waals surface area contributed by atoms with Crippen LogP contribution in [0.1, 0.15) is 5.56 Å². The SMILES string of the molecule is O=C(Cn1c(-c2cscn2)nc2ccccc21)NCc1ccc(OC(F)(F)F)cc1. The van der Waals surface area contributed by atoms with Gasteiger partial charge in [-0.25, -0.2) is 9.97 Å². The molecule has 0 aliphatic heterocycles. The van der Waals surface area contributed by atoms with Crippen LogP contribution >= 0.6 is 11.3 Å². The van der Waals surface area contributed by atoms with E-state index in [1.165, 1.54) is 35.6 Å². The van der Waals surface area contributed by atoms with Crippen molar-refractivity contribution in [3.63, 3.8) is 0 Å². The van der Waals surface area contributed by atoms with Crippen LogP contribution in [0.2, 0.25) is 0 Å². The summed E-state index contributed by atoms with van der Waals surface area (Å²) in [5.74, 6) is 0.0295. The molecule has 30 heavy (non-hydrogen) atoms. The number of fused-ring (bicyclic) bond motifs is 1. The molecule has 0 spiro atoms. The summed E-state index contributed by atoms with van der Waals surface area (Å²) in [4.78, 5) is 21.4. The quantitative estimate of drug-likeness (QED) is 0.491. The van der Waals surface area contributed by atoms with Gasteiger partial charge in [0.2, 0.25) is 5.91 Å². The Kier molecular flexibility index (Phi) is 5.40.